The van der Waals surface area contributed by atoms with Crippen LogP contribution in [0.4, 0.5) is 11.4 Å². The molecule has 6 N–H and O–H groups in total. The second-order valence-electron chi connectivity index (χ2n) is 21.2. The lowest BCUT2D eigenvalue weighted by atomic mass is 9.78. The molecule has 12 aromatic rings. The van der Waals surface area contributed by atoms with E-state index in [2.05, 4.69) is 396 Å². The summed E-state index contributed by atoms with van der Waals surface area (Å²) >= 11 is 116. The summed E-state index contributed by atoms with van der Waals surface area (Å²) in [5.74, 6) is 0.366. The van der Waals surface area contributed by atoms with Gasteiger partial charge in [0.2, 0.25) is 15.9 Å². The number of nitrogen functional groups attached to an aromatic ring is 2. The Labute approximate surface area is 849 Å². The van der Waals surface area contributed by atoms with E-state index in [4.69, 9.17) is 116 Å². The maximum Gasteiger partial charge on any atom is 0.366 e. The van der Waals surface area contributed by atoms with E-state index in [0.29, 0.717) is 38.6 Å². The van der Waals surface area contributed by atoms with Crippen molar-refractivity contribution in [1.82, 2.24) is 27.2 Å². The molecule has 0 unspecified atom stereocenters. The highest BCUT2D eigenvalue weighted by Gasteiger charge is 2.27. The molecule has 0 amide bonds. The van der Waals surface area contributed by atoms with Gasteiger partial charge in [-0.3, -0.25) is 0 Å². The summed E-state index contributed by atoms with van der Waals surface area (Å²) in [5, 5.41) is 21.0. The Balaban J connectivity index is 0.000000268. The first-order chi connectivity index (χ1) is 51.6. The van der Waals surface area contributed by atoms with Crippen LogP contribution >= 0.6 is 424 Å². The van der Waals surface area contributed by atoms with Gasteiger partial charge in [0.1, 0.15) is 11.5 Å². The molecule has 588 valence electrons. The lowest BCUT2D eigenvalue weighted by Gasteiger charge is -2.27. The van der Waals surface area contributed by atoms with E-state index in [1.807, 2.05) is 103 Å². The number of phenolic OH excluding ortho intramolecular Hbond substituents is 2. The molecular formula is C69H39Br20Cl9N8O5. The molecule has 42 heteroatoms. The molecule has 10 aromatic carbocycles. The third kappa shape index (κ3) is 35.8. The molecule has 0 saturated heterocycles. The van der Waals surface area contributed by atoms with Crippen LogP contribution in [0.2, 0.25) is 30.9 Å². The Hall–Kier alpha value is 1.03. The molecule has 0 aliphatic carbocycles. The van der Waals surface area contributed by atoms with Gasteiger partial charge in [0.15, 0.2) is 0 Å². The van der Waals surface area contributed by atoms with Gasteiger partial charge in [0.05, 0.1) is 39.3 Å². The first-order valence-corrected chi connectivity index (χ1v) is 48.0. The van der Waals surface area contributed by atoms with E-state index < -0.39 is 17.1 Å². The van der Waals surface area contributed by atoms with Crippen LogP contribution in [0.5, 0.6) is 11.5 Å². The van der Waals surface area contributed by atoms with Gasteiger partial charge in [-0.15, -0.1) is 12.3 Å². The fourth-order valence-corrected chi connectivity index (χ4v) is 22.2. The number of phenols is 2. The SMILES string of the molecule is Brc1cc(Br)cc(-c2cc(Br)cc(Br)c2)c1.Brc1cc(Br)cc(Br)c1.Brc1ccc(-c2cc(Br)cc(Br)c2)cc1.Brc1ccc(Br)c(Br)c1.CC(C)(c1cc(Br)c(O)c(Br)c1)c1cc(Br)c(O)c(Br)c1.Clc1nc(Cl)nc(Cl)n1.Nc1c(Br)cc(Br)cc1Br.Nc1c(Cl)cc(Cl)cc1Cl.O=c1n(Cl)c(=O)n(Cl)c(=O)n1Cl. The van der Waals surface area contributed by atoms with Crippen LogP contribution in [0.1, 0.15) is 25.0 Å². The minimum atomic E-state index is -1.16. The zero-order chi connectivity index (χ0) is 84.0. The summed E-state index contributed by atoms with van der Waals surface area (Å²) in [4.78, 5) is 42.6. The largest absolute Gasteiger partial charge is 0.506 e. The van der Waals surface area contributed by atoms with Crippen LogP contribution in [0.3, 0.4) is 0 Å². The molecule has 0 fully saturated rings. The van der Waals surface area contributed by atoms with Crippen molar-refractivity contribution in [2.75, 3.05) is 11.5 Å². The minimum Gasteiger partial charge on any atom is -0.506 e. The fraction of sp³-hybridized carbons (Fsp3) is 0.0435. The number of hydrogen-bond donors (Lipinski definition) is 4. The van der Waals surface area contributed by atoms with E-state index in [0.717, 1.165) is 88.4 Å². The van der Waals surface area contributed by atoms with Gasteiger partial charge in [-0.05, 0) is 347 Å². The molecule has 0 aliphatic rings. The van der Waals surface area contributed by atoms with Crippen molar-refractivity contribution in [1.29, 1.82) is 0 Å². The Morgan fingerprint density at radius 1 is 0.297 bits per heavy atom. The molecule has 2 aromatic heterocycles. The minimum absolute atomic E-state index is 0.000000000000000444. The lowest BCUT2D eigenvalue weighted by molar-refractivity contribution is 0.466. The molecule has 12 rings (SSSR count). The maximum absolute atomic E-state index is 10.8. The van der Waals surface area contributed by atoms with Crippen molar-refractivity contribution in [2.45, 2.75) is 19.3 Å². The van der Waals surface area contributed by atoms with Crippen molar-refractivity contribution in [3.8, 4) is 33.8 Å². The fourth-order valence-electron chi connectivity index (χ4n) is 7.70. The molecular weight excluding hydrogens is 2940 g/mol. The molecule has 0 radical (unpaired) electrons. The van der Waals surface area contributed by atoms with E-state index in [1.54, 1.807) is 12.1 Å². The molecule has 111 heavy (non-hydrogen) atoms. The van der Waals surface area contributed by atoms with Crippen molar-refractivity contribution < 1.29 is 10.2 Å². The quantitative estimate of drug-likeness (QED) is 0.0972. The Morgan fingerprint density at radius 2 is 0.550 bits per heavy atom. The zero-order valence-corrected chi connectivity index (χ0v) is 93.0. The number of nitrogens with zero attached hydrogens (tertiary/aromatic N) is 6. The van der Waals surface area contributed by atoms with Gasteiger partial charge in [-0.25, -0.2) is 14.4 Å². The molecule has 2 heterocycles. The summed E-state index contributed by atoms with van der Waals surface area (Å²) in [6, 6.07) is 53.4. The summed E-state index contributed by atoms with van der Waals surface area (Å²) in [6.07, 6.45) is 0. The van der Waals surface area contributed by atoms with Crippen LogP contribution in [-0.2, 0) is 5.41 Å². The first-order valence-electron chi connectivity index (χ1n) is 28.8. The Bertz CT molecular complexity index is 4920. The number of halogens is 29. The number of benzene rings is 10. The normalized spacial score (nSPS) is 10.4. The number of aromatic nitrogens is 6. The van der Waals surface area contributed by atoms with Crippen LogP contribution in [-0.4, -0.2) is 37.4 Å². The molecule has 0 saturated carbocycles. The summed E-state index contributed by atoms with van der Waals surface area (Å²) in [5.41, 5.74) is 15.2. The second-order valence-corrected chi connectivity index (χ2v) is 42.3. The van der Waals surface area contributed by atoms with Crippen molar-refractivity contribution in [2.24, 2.45) is 0 Å². The highest BCUT2D eigenvalue weighted by molar-refractivity contribution is 9.14. The molecule has 0 aliphatic heterocycles. The average molecular weight is 2980 g/mol. The summed E-state index contributed by atoms with van der Waals surface area (Å²) < 4.78 is 19.5. The van der Waals surface area contributed by atoms with Crippen LogP contribution in [0, 0.1) is 0 Å². The predicted octanol–water partition coefficient (Wildman–Crippen LogP) is 34.3. The molecule has 0 atom stereocenters. The summed E-state index contributed by atoms with van der Waals surface area (Å²) in [6.45, 7) is 4.17. The number of rotatable bonds is 4. The van der Waals surface area contributed by atoms with Gasteiger partial charge in [0, 0.05) is 117 Å². The van der Waals surface area contributed by atoms with Crippen LogP contribution < -0.4 is 28.5 Å². The number of aromatic hydroxyl groups is 2. The topological polar surface area (TPSA) is 197 Å². The number of hydrogen-bond acceptors (Lipinski definition) is 10. The smallest absolute Gasteiger partial charge is 0.366 e. The van der Waals surface area contributed by atoms with Gasteiger partial charge >= 0.3 is 17.1 Å². The van der Waals surface area contributed by atoms with Crippen LogP contribution in [0.15, 0.2) is 268 Å². The van der Waals surface area contributed by atoms with Gasteiger partial charge in [0.25, 0.3) is 0 Å². The highest BCUT2D eigenvalue weighted by atomic mass is 79.9. The third-order valence-electron chi connectivity index (χ3n) is 12.9. The molecule has 13 nitrogen and oxygen atoms in total. The first kappa shape index (κ1) is 104. The van der Waals surface area contributed by atoms with E-state index in [-0.39, 0.29) is 45.0 Å². The van der Waals surface area contributed by atoms with E-state index in [1.165, 1.54) is 22.3 Å². The van der Waals surface area contributed by atoms with Gasteiger partial charge in [-0.2, -0.15) is 15.0 Å². The number of nitrogens with two attached hydrogens (primary N) is 2. The molecule has 0 spiro atoms. The van der Waals surface area contributed by atoms with Crippen molar-refractivity contribution in [3.05, 3.63) is 327 Å². The van der Waals surface area contributed by atoms with Gasteiger partial charge in [-0.1, -0.05) is 252 Å². The van der Waals surface area contributed by atoms with Crippen molar-refractivity contribution in [3.63, 3.8) is 0 Å². The number of anilines is 2. The summed E-state index contributed by atoms with van der Waals surface area (Å²) in [7, 11) is 0. The van der Waals surface area contributed by atoms with Crippen molar-refractivity contribution >= 4 is 435 Å². The Morgan fingerprint density at radius 3 is 0.829 bits per heavy atom. The maximum atomic E-state index is 10.8. The predicted molar refractivity (Wildman–Crippen MR) is 534 cm³/mol. The highest BCUT2D eigenvalue weighted by Crippen LogP contribution is 2.44. The average Bonchev–Trinajstić information content (AvgIpc) is 0.780. The zero-order valence-electron chi connectivity index (χ0n) is 54.5. The standard InChI is InChI=1S/C15H12Br4O2.C12H6Br4.C12H7Br3.C6H4Br3N.2C6H3Br3.C6H4Cl3N.C3Cl3N3O3.C3Cl3N3/c1-15(2,7-3-9(16)13(20)10(17)4-7)8-5-11(18)14(21)12(19)6-8;13-9-1-7(2-10(14)5-9)8-3-11(15)6-12(16)4-8;13-10-3-1-8(2-4-10)9-5-11(14)7-12(15)6-9;7-3-1-4(8)6(10)5(9)2-3;7-4-1-5(8)3-6(9)2-4;7-4-1-2-5(8)6(9)3-4;7-3-1-4(8)6(10)5(9)2-3;4-7-1(10)8(5)3(12)9(6)2(7)11;4-1-7-2(5)9-3(6)8-1/h3-6,20-21H,1-2H3;1-6H;1-7H;1-2H,10H2;2*1-3H;1-2H,10H2;;. The lowest BCUT2D eigenvalue weighted by Crippen LogP contribution is -2.47. The van der Waals surface area contributed by atoms with Crippen LogP contribution in [0.25, 0.3) is 22.3 Å². The molecule has 0 bridgehead atoms. The monoisotopic (exact) mass is 2950 g/mol. The van der Waals surface area contributed by atoms with Gasteiger partial charge < -0.3 is 21.7 Å². The third-order valence-corrected chi connectivity index (χ3v) is 26.4. The van der Waals surface area contributed by atoms with E-state index >= 15 is 0 Å². The second kappa shape index (κ2) is 50.6. The van der Waals surface area contributed by atoms with E-state index in [9.17, 15) is 24.6 Å². The Kier molecular flexibility index (Phi) is 47.6.